The molecule has 1 atom stereocenters. The summed E-state index contributed by atoms with van der Waals surface area (Å²) in [5, 5.41) is 0. The summed E-state index contributed by atoms with van der Waals surface area (Å²) in [6.45, 7) is 63.2. The van der Waals surface area contributed by atoms with Gasteiger partial charge in [0.05, 0.1) is 90.8 Å². The molecule has 37 heteroatoms. The molecule has 0 aromatic heterocycles. The highest BCUT2D eigenvalue weighted by atomic mass is 32.1. The number of fused-ring (bicyclic) bond motifs is 4. The standard InChI is InChI=1S/C20H25O2P.C11H18O5P2.C7H14O6P2.2C6H13O3P.C5H14P2.2C4H11O2P.C4H12P2.C3H9P/c1-11-8-13(3)19-17(15(11)5)10-18-16(6)12(2)9-14(4)20(18)22-23(7)21-19;1-17-12-5-10(6-13-17)3-2-4-11-7-14-18(15-8-11)16-9(10)11;1-8-14-10-3-7(4-11-14)5-12-15(9-2)13-6-7;2*1-6(2)4-8-10(7-3)9-5-6;1-6(2)5-7(3)4;2*1-4-7(5-2)6-3;1-5(2)6(3)4;1-4(2)3/h8-9H,10H2,1-7H3;9H,2-8H2,1H3;3-6H2,1-2H3;2*4-5H2,1-3H3;5H2,1-4H3;2*4H2,1-3H3;1-4H3;1-3H3. The fraction of sp³-hybridized carbons (Fsp3) is 0.829. The second-order valence-electron chi connectivity index (χ2n) is 29.5. The van der Waals surface area contributed by atoms with E-state index in [0.29, 0.717) is 65.4 Å². The number of hydrogen-bond donors (Lipinski definition) is 0. The van der Waals surface area contributed by atoms with Crippen LogP contribution in [0.2, 0.25) is 0 Å². The molecule has 628 valence electrons. The van der Waals surface area contributed by atoms with Gasteiger partial charge in [0.25, 0.3) is 8.38 Å². The highest BCUT2D eigenvalue weighted by Crippen LogP contribution is 2.66. The quantitative estimate of drug-likeness (QED) is 0.171. The van der Waals surface area contributed by atoms with Crippen molar-refractivity contribution in [2.75, 3.05) is 241 Å². The molecule has 107 heavy (non-hydrogen) atoms. The first-order chi connectivity index (χ1) is 50.3. The summed E-state index contributed by atoms with van der Waals surface area (Å²) in [4.78, 5) is 0. The zero-order valence-electron chi connectivity index (χ0n) is 71.3. The lowest BCUT2D eigenvalue weighted by Crippen LogP contribution is -2.63. The van der Waals surface area contributed by atoms with Crippen LogP contribution in [0.25, 0.3) is 0 Å². The van der Waals surface area contributed by atoms with Gasteiger partial charge in [-0.2, -0.15) is 0 Å². The van der Waals surface area contributed by atoms with Gasteiger partial charge in [0.2, 0.25) is 0 Å². The van der Waals surface area contributed by atoms with Crippen LogP contribution in [0, 0.1) is 68.6 Å². The molecule has 3 spiro atoms. The van der Waals surface area contributed by atoms with Crippen LogP contribution >= 0.6 is 115 Å². The van der Waals surface area contributed by atoms with Gasteiger partial charge in [-0.15, -0.1) is 23.8 Å². The summed E-state index contributed by atoms with van der Waals surface area (Å²) in [5.41, 5.74) is 10.5. The van der Waals surface area contributed by atoms with Crippen molar-refractivity contribution in [2.45, 2.75) is 115 Å². The maximum atomic E-state index is 6.23. The normalized spacial score (nSPS) is 26.3. The lowest BCUT2D eigenvalue weighted by Gasteiger charge is -2.60. The summed E-state index contributed by atoms with van der Waals surface area (Å²) in [5.74, 6) is 3.53. The molecule has 2 bridgehead atoms. The van der Waals surface area contributed by atoms with Gasteiger partial charge in [-0.1, -0.05) is 75.3 Å². The first-order valence-corrected chi connectivity index (χ1v) is 59.8. The molecule has 9 heterocycles. The van der Waals surface area contributed by atoms with Crippen LogP contribution in [-0.4, -0.2) is 247 Å². The summed E-state index contributed by atoms with van der Waals surface area (Å²) >= 11 is 0. The van der Waals surface area contributed by atoms with Crippen molar-refractivity contribution in [2.24, 2.45) is 27.1 Å². The smallest absolute Gasteiger partial charge is 0.333 e. The minimum absolute atomic E-state index is 0.0290. The molecule has 23 nitrogen and oxygen atoms in total. The fourth-order valence-electron chi connectivity index (χ4n) is 10.9. The largest absolute Gasteiger partial charge is 0.438 e. The van der Waals surface area contributed by atoms with Crippen molar-refractivity contribution in [3.63, 3.8) is 0 Å². The monoisotopic (exact) mass is 1780 g/mol. The molecule has 12 rings (SSSR count). The molecule has 0 radical (unpaired) electrons. The Bertz CT molecular complexity index is 2520. The minimum atomic E-state index is -1.17. The van der Waals surface area contributed by atoms with Crippen LogP contribution in [0.1, 0.15) is 105 Å². The second kappa shape index (κ2) is 55.2. The SMILES string of the molecule is CCP(OC)OC.CCP(OC)OC.COP1OCC(C)(C)CO1.COP1OCC(C)(C)CO1.COP1OCC2(CO1)COP(OC)OC2.CP(C)C.CP(C)CP(C)C.CP(C)P(C)C.CP1OCC2(CCCC34COP(OC3)OC24)CO1.Cc1cc(C)c2c(c1C)Cc1c(C)c(C)cc(C)c1OP(C)O2. The predicted octanol–water partition coefficient (Wildman–Crippen LogP) is 23.7. The summed E-state index contributed by atoms with van der Waals surface area (Å²) < 4.78 is 123. The van der Waals surface area contributed by atoms with Gasteiger partial charge in [-0.05, 0) is 167 Å². The topological polar surface area (TPSA) is 212 Å². The molecule has 9 aliphatic heterocycles. The van der Waals surface area contributed by atoms with Crippen molar-refractivity contribution in [1.82, 2.24) is 0 Å². The fourth-order valence-corrected chi connectivity index (χ4v) is 24.7. The molecule has 8 saturated heterocycles. The molecule has 1 aliphatic carbocycles. The third-order valence-electron chi connectivity index (χ3n) is 17.1. The van der Waals surface area contributed by atoms with Crippen molar-refractivity contribution < 1.29 is 104 Å². The van der Waals surface area contributed by atoms with E-state index in [4.69, 9.17) is 104 Å². The highest BCUT2D eigenvalue weighted by molar-refractivity contribution is 8.28. The van der Waals surface area contributed by atoms with E-state index in [0.717, 1.165) is 95.9 Å². The summed E-state index contributed by atoms with van der Waals surface area (Å²) in [7, 11) is 6.67. The molecule has 9 fully saturated rings. The zero-order valence-corrected chi connectivity index (χ0v) is 83.8. The third-order valence-corrected chi connectivity index (χ3v) is 37.5. The van der Waals surface area contributed by atoms with Crippen LogP contribution in [0.5, 0.6) is 11.5 Å². The van der Waals surface area contributed by atoms with Crippen LogP contribution in [-0.2, 0) is 101 Å². The van der Waals surface area contributed by atoms with Gasteiger partial charge in [0.15, 0.2) is 25.1 Å². The summed E-state index contributed by atoms with van der Waals surface area (Å²) in [6, 6.07) is 4.43. The van der Waals surface area contributed by atoms with E-state index in [1.54, 1.807) is 56.9 Å². The van der Waals surface area contributed by atoms with Crippen molar-refractivity contribution in [3.05, 3.63) is 56.6 Å². The van der Waals surface area contributed by atoms with Gasteiger partial charge in [0.1, 0.15) is 11.5 Å². The average molecular weight is 1780 g/mol. The Kier molecular flexibility index (Phi) is 54.8. The maximum absolute atomic E-state index is 6.23. The van der Waals surface area contributed by atoms with Crippen LogP contribution in [0.15, 0.2) is 12.1 Å². The maximum Gasteiger partial charge on any atom is 0.333 e. The van der Waals surface area contributed by atoms with E-state index in [-0.39, 0.29) is 33.2 Å². The zero-order chi connectivity index (χ0) is 81.0. The molecular formula is C70H140O23P14. The first kappa shape index (κ1) is 106. The number of hydrogen-bond acceptors (Lipinski definition) is 23. The average Bonchev–Trinajstić information content (AvgIpc) is 0.723. The van der Waals surface area contributed by atoms with Gasteiger partial charge in [-0.3, -0.25) is 0 Å². The van der Waals surface area contributed by atoms with Gasteiger partial charge >= 0.3 is 43.0 Å². The molecule has 2 aromatic rings. The molecule has 0 N–H and O–H groups in total. The number of benzene rings is 2. The van der Waals surface area contributed by atoms with E-state index in [9.17, 15) is 0 Å². The Hall–Kier alpha value is 3.22. The Morgan fingerprint density at radius 1 is 0.411 bits per heavy atom. The summed E-state index contributed by atoms with van der Waals surface area (Å²) in [6.07, 6.45) is 6.45. The molecule has 0 amide bonds. The van der Waals surface area contributed by atoms with E-state index < -0.39 is 76.5 Å². The Balaban J connectivity index is 0.000000422. The predicted molar refractivity (Wildman–Crippen MR) is 466 cm³/mol. The van der Waals surface area contributed by atoms with E-state index in [2.05, 4.69) is 155 Å². The van der Waals surface area contributed by atoms with Gasteiger partial charge < -0.3 is 104 Å². The van der Waals surface area contributed by atoms with E-state index >= 15 is 0 Å². The minimum Gasteiger partial charge on any atom is -0.438 e. The molecule has 1 saturated carbocycles. The second-order valence-corrected chi connectivity index (χ2v) is 59.0. The van der Waals surface area contributed by atoms with Gasteiger partial charge in [0, 0.05) is 122 Å². The van der Waals surface area contributed by atoms with E-state index in [1.807, 2.05) is 27.2 Å². The number of aryl methyl sites for hydroxylation is 4. The Morgan fingerprint density at radius 3 is 0.963 bits per heavy atom. The third kappa shape index (κ3) is 39.1. The van der Waals surface area contributed by atoms with Gasteiger partial charge in [-0.25, -0.2) is 0 Å². The lowest BCUT2D eigenvalue weighted by atomic mass is 9.60. The molecule has 1 unspecified atom stereocenters. The van der Waals surface area contributed by atoms with Crippen LogP contribution < -0.4 is 9.05 Å². The first-order valence-electron chi connectivity index (χ1n) is 35.7. The number of rotatable bonds is 13. The van der Waals surface area contributed by atoms with E-state index in [1.165, 1.54) is 56.8 Å². The molecule has 2 aromatic carbocycles. The Labute approximate surface area is 666 Å². The molecular weight excluding hydrogens is 1640 g/mol. The van der Waals surface area contributed by atoms with Crippen molar-refractivity contribution in [1.29, 1.82) is 0 Å². The van der Waals surface area contributed by atoms with Crippen molar-refractivity contribution in [3.8, 4) is 11.5 Å². The van der Waals surface area contributed by atoms with Crippen LogP contribution in [0.4, 0.5) is 0 Å². The lowest BCUT2D eigenvalue weighted by molar-refractivity contribution is -0.210. The highest BCUT2D eigenvalue weighted by Gasteiger charge is 2.63. The molecule has 10 aliphatic rings. The van der Waals surface area contributed by atoms with Crippen molar-refractivity contribution >= 4 is 115 Å². The van der Waals surface area contributed by atoms with Crippen LogP contribution in [0.3, 0.4) is 0 Å². The Morgan fingerprint density at radius 2 is 0.710 bits per heavy atom.